The summed E-state index contributed by atoms with van der Waals surface area (Å²) in [7, 11) is 3.82. The highest BCUT2D eigenvalue weighted by Crippen LogP contribution is 2.38. The van der Waals surface area contributed by atoms with Crippen molar-refractivity contribution >= 4 is 17.4 Å². The van der Waals surface area contributed by atoms with Crippen LogP contribution in [0.4, 0.5) is 5.69 Å². The zero-order valence-electron chi connectivity index (χ0n) is 16.8. The van der Waals surface area contributed by atoms with Gasteiger partial charge >= 0.3 is 0 Å². The monoisotopic (exact) mass is 410 g/mol. The number of methoxy groups -OCH3 is 1. The van der Waals surface area contributed by atoms with Gasteiger partial charge in [0.1, 0.15) is 17.4 Å². The van der Waals surface area contributed by atoms with E-state index in [4.69, 9.17) is 9.47 Å². The highest BCUT2D eigenvalue weighted by Gasteiger charge is 2.19. The molecule has 0 spiro atoms. The van der Waals surface area contributed by atoms with E-state index in [0.717, 1.165) is 58.9 Å². The van der Waals surface area contributed by atoms with Gasteiger partial charge in [-0.25, -0.2) is 0 Å². The molecule has 1 aliphatic heterocycles. The van der Waals surface area contributed by atoms with Crippen LogP contribution in [0.25, 0.3) is 0 Å². The molecule has 1 N–H and O–H groups in total. The largest absolute Gasteiger partial charge is 0.492 e. The minimum atomic E-state index is 0.545. The van der Waals surface area contributed by atoms with Gasteiger partial charge in [0, 0.05) is 31.1 Å². The van der Waals surface area contributed by atoms with Crippen molar-refractivity contribution in [1.29, 1.82) is 0 Å². The molecule has 0 atom stereocenters. The van der Waals surface area contributed by atoms with Gasteiger partial charge in [-0.2, -0.15) is 5.10 Å². The molecule has 0 saturated carbocycles. The van der Waals surface area contributed by atoms with Gasteiger partial charge < -0.3 is 19.3 Å². The smallest absolute Gasteiger partial charge is 0.170 e. The van der Waals surface area contributed by atoms with Gasteiger partial charge in [-0.1, -0.05) is 42.1 Å². The highest BCUT2D eigenvalue weighted by molar-refractivity contribution is 7.99. The van der Waals surface area contributed by atoms with Gasteiger partial charge in [0.2, 0.25) is 0 Å². The van der Waals surface area contributed by atoms with E-state index in [1.54, 1.807) is 25.1 Å². The Morgan fingerprint density at radius 1 is 1.03 bits per heavy atom. The molecule has 1 aliphatic rings. The van der Waals surface area contributed by atoms with Gasteiger partial charge in [-0.15, -0.1) is 0 Å². The van der Waals surface area contributed by atoms with Gasteiger partial charge in [0.15, 0.2) is 5.75 Å². The van der Waals surface area contributed by atoms with E-state index in [1.807, 2.05) is 18.2 Å². The molecule has 2 aromatic carbocycles. The number of rotatable bonds is 7. The Morgan fingerprint density at radius 3 is 2.59 bits per heavy atom. The van der Waals surface area contributed by atoms with E-state index in [9.17, 15) is 0 Å². The van der Waals surface area contributed by atoms with Gasteiger partial charge in [0.05, 0.1) is 19.0 Å². The van der Waals surface area contributed by atoms with Crippen LogP contribution < -0.4 is 14.4 Å². The minimum absolute atomic E-state index is 0.545. The molecule has 4 rings (SSSR count). The Balaban J connectivity index is 1.58. The van der Waals surface area contributed by atoms with Crippen molar-refractivity contribution < 1.29 is 9.47 Å². The van der Waals surface area contributed by atoms with Crippen LogP contribution in [0.5, 0.6) is 11.5 Å². The van der Waals surface area contributed by atoms with Crippen molar-refractivity contribution in [2.45, 2.75) is 16.5 Å². The molecule has 0 bridgehead atoms. The first kappa shape index (κ1) is 19.7. The van der Waals surface area contributed by atoms with Gasteiger partial charge in [0.25, 0.3) is 0 Å². The van der Waals surface area contributed by atoms with E-state index in [2.05, 4.69) is 57.4 Å². The number of benzene rings is 2. The number of hydrogen-bond acceptors (Lipinski definition) is 6. The summed E-state index contributed by atoms with van der Waals surface area (Å²) in [5.41, 5.74) is 2.31. The third-order valence-corrected chi connectivity index (χ3v) is 6.01. The zero-order chi connectivity index (χ0) is 20.1. The summed E-state index contributed by atoms with van der Waals surface area (Å²) in [6.07, 6.45) is 1.69. The number of nitrogens with zero attached hydrogens (tertiary/aromatic N) is 3. The number of ether oxygens (including phenoxy) is 2. The molecule has 29 heavy (non-hydrogen) atoms. The van der Waals surface area contributed by atoms with Crippen LogP contribution in [-0.4, -0.2) is 55.4 Å². The molecule has 3 aromatic rings. The number of hydrogen-bond donors (Lipinski definition) is 1. The van der Waals surface area contributed by atoms with Crippen LogP contribution in [0.15, 0.2) is 64.6 Å². The Bertz CT molecular complexity index is 924. The summed E-state index contributed by atoms with van der Waals surface area (Å²) in [6.45, 7) is 4.65. The molecule has 1 fully saturated rings. The van der Waals surface area contributed by atoms with Crippen LogP contribution in [-0.2, 0) is 6.61 Å². The molecular formula is C22H26N4O2S. The van der Waals surface area contributed by atoms with E-state index in [1.165, 1.54) is 0 Å². The molecule has 6 nitrogen and oxygen atoms in total. The fourth-order valence-corrected chi connectivity index (χ4v) is 4.19. The maximum absolute atomic E-state index is 6.29. The predicted octanol–water partition coefficient (Wildman–Crippen LogP) is 3.90. The lowest BCUT2D eigenvalue weighted by Gasteiger charge is -2.35. The van der Waals surface area contributed by atoms with Crippen molar-refractivity contribution in [3.05, 3.63) is 60.3 Å². The van der Waals surface area contributed by atoms with Crippen LogP contribution in [0.3, 0.4) is 0 Å². The average Bonchev–Trinajstić information content (AvgIpc) is 3.21. The maximum atomic E-state index is 6.29. The number of nitrogens with one attached hydrogen (secondary N) is 1. The summed E-state index contributed by atoms with van der Waals surface area (Å²) >= 11 is 1.59. The number of likely N-dealkylation sites (N-methyl/N-ethyl adjacent to an activating group) is 1. The molecule has 1 saturated heterocycles. The first-order valence-electron chi connectivity index (χ1n) is 9.72. The molecule has 0 unspecified atom stereocenters. The first-order valence-corrected chi connectivity index (χ1v) is 10.5. The lowest BCUT2D eigenvalue weighted by molar-refractivity contribution is 0.296. The molecule has 7 heteroatoms. The second-order valence-corrected chi connectivity index (χ2v) is 8.15. The van der Waals surface area contributed by atoms with E-state index >= 15 is 0 Å². The van der Waals surface area contributed by atoms with Gasteiger partial charge in [-0.3, -0.25) is 5.10 Å². The maximum Gasteiger partial charge on any atom is 0.170 e. The molecule has 0 amide bonds. The van der Waals surface area contributed by atoms with Crippen molar-refractivity contribution in [3.8, 4) is 11.5 Å². The molecule has 0 radical (unpaired) electrons. The lowest BCUT2D eigenvalue weighted by Crippen LogP contribution is -2.44. The molecule has 1 aromatic heterocycles. The zero-order valence-corrected chi connectivity index (χ0v) is 17.6. The second-order valence-electron chi connectivity index (χ2n) is 7.06. The number of H-pyrrole nitrogens is 1. The van der Waals surface area contributed by atoms with Crippen molar-refractivity contribution in [1.82, 2.24) is 15.1 Å². The molecule has 2 heterocycles. The standard InChI is InChI=1S/C22H26N4O2S/c1-25-10-12-26(13-11-25)19-9-8-18(29-22-21(27-2)15-23-24-22)14-20(19)28-16-17-6-4-3-5-7-17/h3-9,14-15H,10-13,16H2,1-2H3,(H,23,24). The molecule has 0 aliphatic carbocycles. The third kappa shape index (κ3) is 4.86. The number of aromatic amines is 1. The summed E-state index contributed by atoms with van der Waals surface area (Å²) in [5, 5.41) is 7.95. The number of aromatic nitrogens is 2. The SMILES string of the molecule is COc1cn[nH]c1Sc1ccc(N2CCN(C)CC2)c(OCc2ccccc2)c1. The quantitative estimate of drug-likeness (QED) is 0.638. The second kappa shape index (κ2) is 9.24. The van der Waals surface area contributed by atoms with Crippen LogP contribution in [0.1, 0.15) is 5.56 Å². The Kier molecular flexibility index (Phi) is 6.27. The topological polar surface area (TPSA) is 53.6 Å². The molecular weight excluding hydrogens is 384 g/mol. The van der Waals surface area contributed by atoms with Crippen molar-refractivity contribution in [2.24, 2.45) is 0 Å². The summed E-state index contributed by atoms with van der Waals surface area (Å²) in [6, 6.07) is 16.7. The number of piperazine rings is 1. The highest BCUT2D eigenvalue weighted by atomic mass is 32.2. The third-order valence-electron chi connectivity index (χ3n) is 5.02. The lowest BCUT2D eigenvalue weighted by atomic mass is 10.2. The number of anilines is 1. The van der Waals surface area contributed by atoms with E-state index in [-0.39, 0.29) is 0 Å². The van der Waals surface area contributed by atoms with Gasteiger partial charge in [-0.05, 0) is 30.8 Å². The van der Waals surface area contributed by atoms with Crippen molar-refractivity contribution in [3.63, 3.8) is 0 Å². The normalized spacial score (nSPS) is 14.8. The molecule has 152 valence electrons. The predicted molar refractivity (Wildman–Crippen MR) is 116 cm³/mol. The van der Waals surface area contributed by atoms with Crippen LogP contribution in [0, 0.1) is 0 Å². The van der Waals surface area contributed by atoms with Crippen molar-refractivity contribution in [2.75, 3.05) is 45.2 Å². The summed E-state index contributed by atoms with van der Waals surface area (Å²) in [4.78, 5) is 5.84. The van der Waals surface area contributed by atoms with Crippen LogP contribution in [0.2, 0.25) is 0 Å². The fraction of sp³-hybridized carbons (Fsp3) is 0.318. The summed E-state index contributed by atoms with van der Waals surface area (Å²) < 4.78 is 11.7. The Labute approximate surface area is 175 Å². The minimum Gasteiger partial charge on any atom is -0.492 e. The summed E-state index contributed by atoms with van der Waals surface area (Å²) in [5.74, 6) is 1.65. The fourth-order valence-electron chi connectivity index (χ4n) is 3.32. The Morgan fingerprint density at radius 2 is 1.83 bits per heavy atom. The van der Waals surface area contributed by atoms with E-state index < -0.39 is 0 Å². The van der Waals surface area contributed by atoms with Crippen LogP contribution >= 0.6 is 11.8 Å². The Hall–Kier alpha value is -2.64. The average molecular weight is 411 g/mol. The van der Waals surface area contributed by atoms with E-state index in [0.29, 0.717) is 6.61 Å². The first-order chi connectivity index (χ1) is 14.2.